The number of pyridine rings is 1. The van der Waals surface area contributed by atoms with Gasteiger partial charge in [0.2, 0.25) is 5.88 Å². The van der Waals surface area contributed by atoms with E-state index in [2.05, 4.69) is 4.98 Å². The van der Waals surface area contributed by atoms with E-state index in [9.17, 15) is 4.39 Å². The number of nitrogens with two attached hydrogens (primary N) is 1. The van der Waals surface area contributed by atoms with Gasteiger partial charge in [0.1, 0.15) is 5.82 Å². The molecule has 1 aromatic heterocycles. The second kappa shape index (κ2) is 6.68. The minimum Gasteiger partial charge on any atom is -0.481 e. The molecule has 0 aliphatic heterocycles. The minimum absolute atomic E-state index is 0.104. The van der Waals surface area contributed by atoms with Crippen LogP contribution in [0.1, 0.15) is 11.1 Å². The van der Waals surface area contributed by atoms with Crippen molar-refractivity contribution in [2.75, 3.05) is 7.11 Å². The average molecular weight is 295 g/mol. The van der Waals surface area contributed by atoms with Crippen molar-refractivity contribution in [3.05, 3.63) is 58.5 Å². The number of hydrogen-bond acceptors (Lipinski definition) is 3. The molecule has 0 spiro atoms. The van der Waals surface area contributed by atoms with Gasteiger partial charge < -0.3 is 10.5 Å². The van der Waals surface area contributed by atoms with Crippen LogP contribution < -0.4 is 10.5 Å². The Morgan fingerprint density at radius 2 is 2.10 bits per heavy atom. The molecule has 0 aliphatic carbocycles. The van der Waals surface area contributed by atoms with E-state index >= 15 is 0 Å². The van der Waals surface area contributed by atoms with Gasteiger partial charge in [0.15, 0.2) is 0 Å². The molecule has 0 bridgehead atoms. The Morgan fingerprint density at radius 3 is 2.70 bits per heavy atom. The molecule has 106 valence electrons. The molecule has 2 rings (SSSR count). The van der Waals surface area contributed by atoms with Crippen LogP contribution in [0.2, 0.25) is 5.02 Å². The van der Waals surface area contributed by atoms with Crippen LogP contribution in [-0.2, 0) is 12.8 Å². The molecule has 2 aromatic rings. The zero-order valence-corrected chi connectivity index (χ0v) is 11.9. The van der Waals surface area contributed by atoms with Crippen molar-refractivity contribution in [3.8, 4) is 5.88 Å². The van der Waals surface area contributed by atoms with Gasteiger partial charge in [-0.25, -0.2) is 9.37 Å². The van der Waals surface area contributed by atoms with Crippen LogP contribution in [0.3, 0.4) is 0 Å². The monoisotopic (exact) mass is 294 g/mol. The summed E-state index contributed by atoms with van der Waals surface area (Å²) in [5.41, 5.74) is 7.98. The molecule has 5 heteroatoms. The lowest BCUT2D eigenvalue weighted by Crippen LogP contribution is -2.25. The maximum atomic E-state index is 13.0. The van der Waals surface area contributed by atoms with Crippen LogP contribution in [0.25, 0.3) is 0 Å². The number of rotatable bonds is 5. The first-order chi connectivity index (χ1) is 9.58. The molecule has 0 amide bonds. The summed E-state index contributed by atoms with van der Waals surface area (Å²) in [4.78, 5) is 4.13. The molecule has 3 nitrogen and oxygen atoms in total. The molecule has 0 saturated heterocycles. The third kappa shape index (κ3) is 3.92. The maximum Gasteiger partial charge on any atom is 0.212 e. The second-order valence-corrected chi connectivity index (χ2v) is 5.02. The van der Waals surface area contributed by atoms with E-state index in [1.807, 2.05) is 6.07 Å². The molecule has 2 N–H and O–H groups in total. The molecular weight excluding hydrogens is 279 g/mol. The van der Waals surface area contributed by atoms with Crippen LogP contribution in [0, 0.1) is 5.82 Å². The fourth-order valence-electron chi connectivity index (χ4n) is 2.00. The van der Waals surface area contributed by atoms with E-state index in [-0.39, 0.29) is 11.9 Å². The summed E-state index contributed by atoms with van der Waals surface area (Å²) in [7, 11) is 1.57. The Hall–Kier alpha value is -1.65. The van der Waals surface area contributed by atoms with Crippen LogP contribution >= 0.6 is 11.6 Å². The van der Waals surface area contributed by atoms with Gasteiger partial charge in [-0.05, 0) is 36.1 Å². The first kappa shape index (κ1) is 14.8. The lowest BCUT2D eigenvalue weighted by Gasteiger charge is -2.13. The Kier molecular flexibility index (Phi) is 4.93. The van der Waals surface area contributed by atoms with Gasteiger partial charge in [-0.3, -0.25) is 0 Å². The molecule has 1 atom stereocenters. The third-order valence-corrected chi connectivity index (χ3v) is 3.35. The zero-order chi connectivity index (χ0) is 14.5. The standard InChI is InChI=1S/C15H16ClFN2O/c1-20-15-5-2-10(9-19-15)6-13(18)7-11-3-4-12(17)8-14(11)16/h2-5,8-9,13H,6-7,18H2,1H3. The Balaban J connectivity index is 1.99. The Labute approximate surface area is 122 Å². The van der Waals surface area contributed by atoms with Crippen LogP contribution in [0.15, 0.2) is 36.5 Å². The summed E-state index contributed by atoms with van der Waals surface area (Å²) in [5.74, 6) is 0.232. The fourth-order valence-corrected chi connectivity index (χ4v) is 2.24. The van der Waals surface area contributed by atoms with E-state index in [1.165, 1.54) is 12.1 Å². The fraction of sp³-hybridized carbons (Fsp3) is 0.267. The summed E-state index contributed by atoms with van der Waals surface area (Å²) in [6.45, 7) is 0. The van der Waals surface area contributed by atoms with Crippen LogP contribution in [0.5, 0.6) is 5.88 Å². The summed E-state index contributed by atoms with van der Waals surface area (Å²) in [6.07, 6.45) is 3.00. The zero-order valence-electron chi connectivity index (χ0n) is 11.1. The van der Waals surface area contributed by atoms with Gasteiger partial charge in [0, 0.05) is 23.3 Å². The van der Waals surface area contributed by atoms with Crippen molar-refractivity contribution in [1.82, 2.24) is 4.98 Å². The van der Waals surface area contributed by atoms with Gasteiger partial charge in [0.25, 0.3) is 0 Å². The van der Waals surface area contributed by atoms with Gasteiger partial charge in [-0.15, -0.1) is 0 Å². The first-order valence-corrected chi connectivity index (χ1v) is 6.64. The summed E-state index contributed by atoms with van der Waals surface area (Å²) >= 11 is 5.99. The van der Waals surface area contributed by atoms with E-state index in [1.54, 1.807) is 25.4 Å². The highest BCUT2D eigenvalue weighted by molar-refractivity contribution is 6.31. The molecular formula is C15H16ClFN2O. The Bertz CT molecular complexity index is 575. The van der Waals surface area contributed by atoms with E-state index in [4.69, 9.17) is 22.1 Å². The molecule has 0 aliphatic rings. The summed E-state index contributed by atoms with van der Waals surface area (Å²) in [6, 6.07) is 7.99. The van der Waals surface area contributed by atoms with Crippen molar-refractivity contribution >= 4 is 11.6 Å². The average Bonchev–Trinajstić information content (AvgIpc) is 2.43. The smallest absolute Gasteiger partial charge is 0.212 e. The number of hydrogen-bond donors (Lipinski definition) is 1. The summed E-state index contributed by atoms with van der Waals surface area (Å²) in [5, 5.41) is 0.410. The predicted molar refractivity (Wildman–Crippen MR) is 77.6 cm³/mol. The molecule has 1 heterocycles. The number of methoxy groups -OCH3 is 1. The highest BCUT2D eigenvalue weighted by Crippen LogP contribution is 2.19. The molecule has 0 saturated carbocycles. The van der Waals surface area contributed by atoms with Gasteiger partial charge in [0.05, 0.1) is 7.11 Å². The van der Waals surface area contributed by atoms with Crippen molar-refractivity contribution in [2.24, 2.45) is 5.73 Å². The Morgan fingerprint density at radius 1 is 1.30 bits per heavy atom. The number of benzene rings is 1. The maximum absolute atomic E-state index is 13.0. The highest BCUT2D eigenvalue weighted by atomic mass is 35.5. The molecule has 20 heavy (non-hydrogen) atoms. The third-order valence-electron chi connectivity index (χ3n) is 3.00. The number of halogens is 2. The lowest BCUT2D eigenvalue weighted by atomic mass is 10.0. The van der Waals surface area contributed by atoms with E-state index in [0.29, 0.717) is 23.7 Å². The van der Waals surface area contributed by atoms with Gasteiger partial charge in [-0.1, -0.05) is 23.7 Å². The molecule has 1 aromatic carbocycles. The van der Waals surface area contributed by atoms with E-state index in [0.717, 1.165) is 11.1 Å². The lowest BCUT2D eigenvalue weighted by molar-refractivity contribution is 0.397. The van der Waals surface area contributed by atoms with Crippen LogP contribution in [-0.4, -0.2) is 18.1 Å². The highest BCUT2D eigenvalue weighted by Gasteiger charge is 2.09. The van der Waals surface area contributed by atoms with E-state index < -0.39 is 0 Å². The number of ether oxygens (including phenoxy) is 1. The first-order valence-electron chi connectivity index (χ1n) is 6.27. The SMILES string of the molecule is COc1ccc(CC(N)Cc2ccc(F)cc2Cl)cn1. The largest absolute Gasteiger partial charge is 0.481 e. The molecule has 1 unspecified atom stereocenters. The predicted octanol–water partition coefficient (Wildman–Crippen LogP) is 3.00. The van der Waals surface area contributed by atoms with Crippen molar-refractivity contribution < 1.29 is 9.13 Å². The summed E-state index contributed by atoms with van der Waals surface area (Å²) < 4.78 is 18.0. The molecule has 0 fully saturated rings. The van der Waals surface area contributed by atoms with Crippen molar-refractivity contribution in [3.63, 3.8) is 0 Å². The number of aromatic nitrogens is 1. The van der Waals surface area contributed by atoms with Gasteiger partial charge >= 0.3 is 0 Å². The normalized spacial score (nSPS) is 12.2. The van der Waals surface area contributed by atoms with Crippen molar-refractivity contribution in [2.45, 2.75) is 18.9 Å². The van der Waals surface area contributed by atoms with Crippen molar-refractivity contribution in [1.29, 1.82) is 0 Å². The quantitative estimate of drug-likeness (QED) is 0.922. The molecule has 0 radical (unpaired) electrons. The van der Waals surface area contributed by atoms with Crippen LogP contribution in [0.4, 0.5) is 4.39 Å². The second-order valence-electron chi connectivity index (χ2n) is 4.61. The number of nitrogens with zero attached hydrogens (tertiary/aromatic N) is 1. The minimum atomic E-state index is -0.341. The van der Waals surface area contributed by atoms with Gasteiger partial charge in [-0.2, -0.15) is 0 Å². The topological polar surface area (TPSA) is 48.1 Å².